The van der Waals surface area contributed by atoms with Gasteiger partial charge in [0.05, 0.1) is 6.61 Å². The summed E-state index contributed by atoms with van der Waals surface area (Å²) in [5.74, 6) is -0.567. The first-order valence-corrected chi connectivity index (χ1v) is 7.97. The molecular formula is C17H20ClN3O2. The number of carbonyl (C=O) groups is 1. The lowest BCUT2D eigenvalue weighted by atomic mass is 10.1. The maximum atomic E-state index is 11.7. The van der Waals surface area contributed by atoms with Gasteiger partial charge in [0.25, 0.3) is 0 Å². The zero-order valence-electron chi connectivity index (χ0n) is 13.4. The summed E-state index contributed by atoms with van der Waals surface area (Å²) in [4.78, 5) is 15.9. The maximum absolute atomic E-state index is 11.7. The van der Waals surface area contributed by atoms with Crippen molar-refractivity contribution in [2.24, 2.45) is 0 Å². The number of carbonyl (C=O) groups excluding carboxylic acids is 1. The van der Waals surface area contributed by atoms with Crippen LogP contribution in [0.1, 0.15) is 12.5 Å². The molecular weight excluding hydrogens is 314 g/mol. The van der Waals surface area contributed by atoms with Crippen LogP contribution < -0.4 is 4.90 Å². The lowest BCUT2D eigenvalue weighted by molar-refractivity contribution is -0.138. The minimum absolute atomic E-state index is 0.0410. The molecule has 122 valence electrons. The topological polar surface area (TPSA) is 56.6 Å². The third kappa shape index (κ3) is 4.40. The molecule has 1 fully saturated rings. The van der Waals surface area contributed by atoms with E-state index in [1.807, 2.05) is 29.2 Å². The number of benzene rings is 1. The Kier molecular flexibility index (Phi) is 5.89. The van der Waals surface area contributed by atoms with Crippen LogP contribution >= 0.6 is 11.6 Å². The number of anilines is 1. The third-order valence-electron chi connectivity index (χ3n) is 3.75. The molecule has 1 aromatic rings. The number of rotatable bonds is 4. The van der Waals surface area contributed by atoms with Crippen LogP contribution in [0.15, 0.2) is 30.0 Å². The summed E-state index contributed by atoms with van der Waals surface area (Å²) in [6, 6.07) is 7.78. The Morgan fingerprint density at radius 3 is 2.70 bits per heavy atom. The van der Waals surface area contributed by atoms with Crippen LogP contribution in [0, 0.1) is 18.3 Å². The van der Waals surface area contributed by atoms with Crippen molar-refractivity contribution in [3.05, 3.63) is 40.6 Å². The van der Waals surface area contributed by atoms with Gasteiger partial charge in [0, 0.05) is 43.1 Å². The summed E-state index contributed by atoms with van der Waals surface area (Å²) in [7, 11) is 0. The highest BCUT2D eigenvalue weighted by Crippen LogP contribution is 2.25. The second kappa shape index (κ2) is 7.89. The van der Waals surface area contributed by atoms with Gasteiger partial charge in [-0.15, -0.1) is 0 Å². The molecule has 0 bridgehead atoms. The Morgan fingerprint density at radius 2 is 2.09 bits per heavy atom. The van der Waals surface area contributed by atoms with Gasteiger partial charge in [-0.25, -0.2) is 4.79 Å². The molecule has 6 heteroatoms. The maximum Gasteiger partial charge on any atom is 0.350 e. The molecule has 1 heterocycles. The van der Waals surface area contributed by atoms with Crippen molar-refractivity contribution in [2.75, 3.05) is 37.7 Å². The molecule has 1 aliphatic heterocycles. The van der Waals surface area contributed by atoms with E-state index in [9.17, 15) is 4.79 Å². The number of piperazine rings is 1. The highest BCUT2D eigenvalue weighted by molar-refractivity contribution is 6.30. The minimum Gasteiger partial charge on any atom is -0.462 e. The summed E-state index contributed by atoms with van der Waals surface area (Å²) in [5, 5.41) is 9.80. The predicted octanol–water partition coefficient (Wildman–Crippen LogP) is 2.74. The van der Waals surface area contributed by atoms with Crippen LogP contribution in [-0.2, 0) is 9.53 Å². The predicted molar refractivity (Wildman–Crippen MR) is 90.3 cm³/mol. The second-order valence-corrected chi connectivity index (χ2v) is 5.77. The fourth-order valence-corrected chi connectivity index (χ4v) is 2.70. The molecule has 1 aliphatic rings. The van der Waals surface area contributed by atoms with E-state index < -0.39 is 5.97 Å². The lowest BCUT2D eigenvalue weighted by Crippen LogP contribution is -2.44. The molecule has 23 heavy (non-hydrogen) atoms. The lowest BCUT2D eigenvalue weighted by Gasteiger charge is -2.36. The average Bonchev–Trinajstić information content (AvgIpc) is 2.55. The van der Waals surface area contributed by atoms with E-state index in [1.54, 1.807) is 13.1 Å². The van der Waals surface area contributed by atoms with Crippen LogP contribution in [0.5, 0.6) is 0 Å². The van der Waals surface area contributed by atoms with E-state index in [2.05, 4.69) is 11.8 Å². The van der Waals surface area contributed by atoms with Gasteiger partial charge in [-0.3, -0.25) is 0 Å². The van der Waals surface area contributed by atoms with Crippen LogP contribution in [0.25, 0.3) is 0 Å². The fraction of sp³-hybridized carbons (Fsp3) is 0.412. The largest absolute Gasteiger partial charge is 0.462 e. The minimum atomic E-state index is -0.567. The Bertz CT molecular complexity index is 644. The monoisotopic (exact) mass is 333 g/mol. The highest BCUT2D eigenvalue weighted by Gasteiger charge is 2.19. The molecule has 5 nitrogen and oxygen atoms in total. The van der Waals surface area contributed by atoms with E-state index in [-0.39, 0.29) is 12.2 Å². The van der Waals surface area contributed by atoms with Gasteiger partial charge in [0.15, 0.2) is 5.57 Å². The van der Waals surface area contributed by atoms with E-state index in [4.69, 9.17) is 21.6 Å². The molecule has 0 aromatic heterocycles. The molecule has 1 aromatic carbocycles. The van der Waals surface area contributed by atoms with Crippen molar-refractivity contribution in [2.45, 2.75) is 13.8 Å². The van der Waals surface area contributed by atoms with Gasteiger partial charge in [-0.1, -0.05) is 17.7 Å². The van der Waals surface area contributed by atoms with Gasteiger partial charge >= 0.3 is 5.97 Å². The molecule has 0 N–H and O–H groups in total. The smallest absolute Gasteiger partial charge is 0.350 e. The molecule has 0 atom stereocenters. The average molecular weight is 334 g/mol. The third-order valence-corrected chi connectivity index (χ3v) is 3.99. The van der Waals surface area contributed by atoms with Crippen molar-refractivity contribution in [1.29, 1.82) is 5.26 Å². The van der Waals surface area contributed by atoms with Crippen molar-refractivity contribution in [1.82, 2.24) is 4.90 Å². The van der Waals surface area contributed by atoms with E-state index in [0.29, 0.717) is 0 Å². The number of halogens is 1. The van der Waals surface area contributed by atoms with Crippen LogP contribution in [0.2, 0.25) is 5.02 Å². The normalized spacial score (nSPS) is 15.3. The Labute approximate surface area is 141 Å². The zero-order chi connectivity index (χ0) is 16.8. The fourth-order valence-electron chi connectivity index (χ4n) is 2.53. The molecule has 0 radical (unpaired) electrons. The van der Waals surface area contributed by atoms with Crippen LogP contribution in [-0.4, -0.2) is 43.7 Å². The molecule has 0 unspecified atom stereocenters. The van der Waals surface area contributed by atoms with Crippen molar-refractivity contribution in [3.63, 3.8) is 0 Å². The quantitative estimate of drug-likeness (QED) is 0.482. The number of nitrogens with zero attached hydrogens (tertiary/aromatic N) is 3. The second-order valence-electron chi connectivity index (χ2n) is 5.33. The molecule has 0 saturated carbocycles. The summed E-state index contributed by atoms with van der Waals surface area (Å²) in [5.41, 5.74) is 2.36. The summed E-state index contributed by atoms with van der Waals surface area (Å²) < 4.78 is 4.87. The van der Waals surface area contributed by atoms with E-state index >= 15 is 0 Å². The van der Waals surface area contributed by atoms with Crippen LogP contribution in [0.3, 0.4) is 0 Å². The van der Waals surface area contributed by atoms with E-state index in [1.165, 1.54) is 5.56 Å². The van der Waals surface area contributed by atoms with Crippen molar-refractivity contribution >= 4 is 23.3 Å². The van der Waals surface area contributed by atoms with Gasteiger partial charge < -0.3 is 14.5 Å². The number of esters is 1. The number of aryl methyl sites for hydroxylation is 1. The Hall–Kier alpha value is -2.19. The Morgan fingerprint density at radius 1 is 1.39 bits per heavy atom. The van der Waals surface area contributed by atoms with Gasteiger partial charge in [-0.2, -0.15) is 5.26 Å². The molecule has 0 aliphatic carbocycles. The first kappa shape index (κ1) is 17.2. The summed E-state index contributed by atoms with van der Waals surface area (Å²) >= 11 is 6.08. The number of hydrogen-bond acceptors (Lipinski definition) is 5. The standard InChI is InChI=1S/C17H20ClN3O2/c1-3-23-17(22)14(11-19)12-20-6-8-21(9-7-20)16-10-15(18)5-4-13(16)2/h4-5,10,12H,3,6-9H2,1-2H3. The first-order chi connectivity index (χ1) is 11.0. The van der Waals surface area contributed by atoms with Crippen molar-refractivity contribution < 1.29 is 9.53 Å². The van der Waals surface area contributed by atoms with Crippen molar-refractivity contribution in [3.8, 4) is 6.07 Å². The summed E-state index contributed by atoms with van der Waals surface area (Å²) in [6.45, 7) is 7.12. The summed E-state index contributed by atoms with van der Waals surface area (Å²) in [6.07, 6.45) is 1.60. The van der Waals surface area contributed by atoms with Gasteiger partial charge in [0.1, 0.15) is 6.07 Å². The first-order valence-electron chi connectivity index (χ1n) is 7.59. The van der Waals surface area contributed by atoms with Crippen LogP contribution in [0.4, 0.5) is 5.69 Å². The highest BCUT2D eigenvalue weighted by atomic mass is 35.5. The molecule has 0 amide bonds. The molecule has 2 rings (SSSR count). The number of hydrogen-bond donors (Lipinski definition) is 0. The Balaban J connectivity index is 2.02. The molecule has 0 spiro atoms. The van der Waals surface area contributed by atoms with Gasteiger partial charge in [-0.05, 0) is 31.5 Å². The zero-order valence-corrected chi connectivity index (χ0v) is 14.1. The number of nitriles is 1. The number of ether oxygens (including phenoxy) is 1. The SMILES string of the molecule is CCOC(=O)C(C#N)=CN1CCN(c2cc(Cl)ccc2C)CC1. The van der Waals surface area contributed by atoms with E-state index in [0.717, 1.165) is 36.9 Å². The van der Waals surface area contributed by atoms with Gasteiger partial charge in [0.2, 0.25) is 0 Å². The molecule has 1 saturated heterocycles.